The van der Waals surface area contributed by atoms with Gasteiger partial charge in [-0.05, 0) is 30.3 Å². The maximum absolute atomic E-state index is 12.4. The first-order chi connectivity index (χ1) is 13.2. The Balaban J connectivity index is 1.39. The molecular weight excluding hydrogens is 346 g/mol. The Bertz CT molecular complexity index is 960. The SMILES string of the molecule is O=C(c1ccc(=O)[nH]n1)N1CCN(c2ccc(-c3cccnc3)nn2)CC1. The number of hydrogen-bond donors (Lipinski definition) is 1. The van der Waals surface area contributed by atoms with Crippen molar-refractivity contribution in [2.45, 2.75) is 0 Å². The number of aromatic nitrogens is 5. The van der Waals surface area contributed by atoms with Gasteiger partial charge in [-0.15, -0.1) is 10.2 Å². The maximum atomic E-state index is 12.4. The molecule has 9 heteroatoms. The first-order valence-electron chi connectivity index (χ1n) is 8.55. The standard InChI is InChI=1S/C18H17N7O2/c26-17-6-4-15(21-23-17)18(27)25-10-8-24(9-11-25)16-5-3-14(20-22-16)13-2-1-7-19-12-13/h1-7,12H,8-11H2,(H,23,26). The van der Waals surface area contributed by atoms with Crippen molar-refractivity contribution in [2.75, 3.05) is 31.1 Å². The van der Waals surface area contributed by atoms with Crippen LogP contribution in [0.1, 0.15) is 10.5 Å². The fourth-order valence-corrected chi connectivity index (χ4v) is 2.93. The molecule has 0 unspecified atom stereocenters. The Hall–Kier alpha value is -3.62. The lowest BCUT2D eigenvalue weighted by Crippen LogP contribution is -2.49. The number of aromatic amines is 1. The van der Waals surface area contributed by atoms with E-state index < -0.39 is 0 Å². The zero-order valence-electron chi connectivity index (χ0n) is 14.4. The molecule has 1 saturated heterocycles. The van der Waals surface area contributed by atoms with Crippen LogP contribution in [0.2, 0.25) is 0 Å². The van der Waals surface area contributed by atoms with E-state index in [-0.39, 0.29) is 17.2 Å². The minimum Gasteiger partial charge on any atom is -0.352 e. The van der Waals surface area contributed by atoms with E-state index in [1.165, 1.54) is 12.1 Å². The van der Waals surface area contributed by atoms with Crippen molar-refractivity contribution in [2.24, 2.45) is 0 Å². The van der Waals surface area contributed by atoms with Gasteiger partial charge in [-0.1, -0.05) is 0 Å². The number of rotatable bonds is 3. The van der Waals surface area contributed by atoms with Gasteiger partial charge >= 0.3 is 0 Å². The molecule has 4 rings (SSSR count). The van der Waals surface area contributed by atoms with Gasteiger partial charge in [-0.3, -0.25) is 14.6 Å². The van der Waals surface area contributed by atoms with Crippen LogP contribution < -0.4 is 10.5 Å². The second-order valence-corrected chi connectivity index (χ2v) is 6.10. The van der Waals surface area contributed by atoms with Crippen LogP contribution in [0.25, 0.3) is 11.3 Å². The molecule has 0 aromatic carbocycles. The summed E-state index contributed by atoms with van der Waals surface area (Å²) in [6.45, 7) is 2.39. The largest absolute Gasteiger partial charge is 0.352 e. The predicted molar refractivity (Wildman–Crippen MR) is 98.2 cm³/mol. The van der Waals surface area contributed by atoms with Crippen LogP contribution in [0.3, 0.4) is 0 Å². The van der Waals surface area contributed by atoms with Crippen molar-refractivity contribution >= 4 is 11.7 Å². The zero-order chi connectivity index (χ0) is 18.6. The molecule has 0 aliphatic carbocycles. The van der Waals surface area contributed by atoms with E-state index in [9.17, 15) is 9.59 Å². The molecular formula is C18H17N7O2. The highest BCUT2D eigenvalue weighted by Gasteiger charge is 2.24. The summed E-state index contributed by atoms with van der Waals surface area (Å²) in [5.41, 5.74) is 1.60. The van der Waals surface area contributed by atoms with Gasteiger partial charge in [0.2, 0.25) is 0 Å². The van der Waals surface area contributed by atoms with Crippen molar-refractivity contribution in [3.05, 3.63) is 64.8 Å². The van der Waals surface area contributed by atoms with Crippen LogP contribution in [0, 0.1) is 0 Å². The molecule has 0 saturated carbocycles. The Morgan fingerprint density at radius 2 is 1.85 bits per heavy atom. The highest BCUT2D eigenvalue weighted by atomic mass is 16.2. The number of carbonyl (C=O) groups excluding carboxylic acids is 1. The molecule has 1 aliphatic rings. The summed E-state index contributed by atoms with van der Waals surface area (Å²) >= 11 is 0. The lowest BCUT2D eigenvalue weighted by Gasteiger charge is -2.34. The highest BCUT2D eigenvalue weighted by Crippen LogP contribution is 2.18. The third kappa shape index (κ3) is 3.66. The first kappa shape index (κ1) is 16.8. The van der Waals surface area contributed by atoms with Gasteiger partial charge in [0.25, 0.3) is 11.5 Å². The van der Waals surface area contributed by atoms with E-state index in [1.807, 2.05) is 24.3 Å². The number of anilines is 1. The Labute approximate surface area is 154 Å². The molecule has 136 valence electrons. The van der Waals surface area contributed by atoms with E-state index >= 15 is 0 Å². The molecule has 0 spiro atoms. The number of nitrogens with zero attached hydrogens (tertiary/aromatic N) is 6. The first-order valence-corrected chi connectivity index (χ1v) is 8.55. The smallest absolute Gasteiger partial charge is 0.274 e. The monoisotopic (exact) mass is 363 g/mol. The van der Waals surface area contributed by atoms with Crippen molar-refractivity contribution in [1.29, 1.82) is 0 Å². The topological polar surface area (TPSA) is 108 Å². The molecule has 1 aliphatic heterocycles. The van der Waals surface area contributed by atoms with Crippen LogP contribution >= 0.6 is 0 Å². The van der Waals surface area contributed by atoms with Gasteiger partial charge in [0.15, 0.2) is 5.82 Å². The molecule has 0 radical (unpaired) electrons. The lowest BCUT2D eigenvalue weighted by atomic mass is 10.2. The second-order valence-electron chi connectivity index (χ2n) is 6.10. The molecule has 0 bridgehead atoms. The molecule has 1 fully saturated rings. The molecule has 1 N–H and O–H groups in total. The average Bonchev–Trinajstić information content (AvgIpc) is 2.75. The van der Waals surface area contributed by atoms with Gasteiger partial charge < -0.3 is 9.80 Å². The number of hydrogen-bond acceptors (Lipinski definition) is 7. The summed E-state index contributed by atoms with van der Waals surface area (Å²) in [5.74, 6) is 0.584. The highest BCUT2D eigenvalue weighted by molar-refractivity contribution is 5.92. The van der Waals surface area contributed by atoms with Crippen molar-refractivity contribution in [1.82, 2.24) is 30.3 Å². The lowest BCUT2D eigenvalue weighted by molar-refractivity contribution is 0.0739. The summed E-state index contributed by atoms with van der Waals surface area (Å²) < 4.78 is 0. The van der Waals surface area contributed by atoms with E-state index in [1.54, 1.807) is 17.3 Å². The zero-order valence-corrected chi connectivity index (χ0v) is 14.4. The van der Waals surface area contributed by atoms with Gasteiger partial charge in [0, 0.05) is 50.2 Å². The quantitative estimate of drug-likeness (QED) is 0.725. The minimum atomic E-state index is -0.329. The van der Waals surface area contributed by atoms with Gasteiger partial charge in [-0.2, -0.15) is 5.10 Å². The fraction of sp³-hybridized carbons (Fsp3) is 0.222. The fourth-order valence-electron chi connectivity index (χ4n) is 2.93. The number of amides is 1. The van der Waals surface area contributed by atoms with E-state index in [0.29, 0.717) is 26.2 Å². The summed E-state index contributed by atoms with van der Waals surface area (Å²) in [4.78, 5) is 31.4. The molecule has 3 aromatic rings. The van der Waals surface area contributed by atoms with E-state index in [4.69, 9.17) is 0 Å². The van der Waals surface area contributed by atoms with Crippen LogP contribution in [-0.2, 0) is 0 Å². The van der Waals surface area contributed by atoms with Crippen molar-refractivity contribution < 1.29 is 4.79 Å². The molecule has 0 atom stereocenters. The molecule has 1 amide bonds. The molecule has 3 aromatic heterocycles. The van der Waals surface area contributed by atoms with E-state index in [2.05, 4.69) is 30.3 Å². The van der Waals surface area contributed by atoms with Gasteiger partial charge in [0.05, 0.1) is 5.69 Å². The Morgan fingerprint density at radius 3 is 2.48 bits per heavy atom. The Morgan fingerprint density at radius 1 is 1.00 bits per heavy atom. The number of pyridine rings is 1. The van der Waals surface area contributed by atoms with Crippen molar-refractivity contribution in [3.63, 3.8) is 0 Å². The van der Waals surface area contributed by atoms with Crippen LogP contribution in [0.5, 0.6) is 0 Å². The normalized spacial score (nSPS) is 14.2. The van der Waals surface area contributed by atoms with Crippen LogP contribution in [-0.4, -0.2) is 62.4 Å². The average molecular weight is 363 g/mol. The number of carbonyl (C=O) groups is 1. The molecule has 4 heterocycles. The minimum absolute atomic E-state index is 0.191. The second kappa shape index (κ2) is 7.32. The van der Waals surface area contributed by atoms with Gasteiger partial charge in [-0.25, -0.2) is 5.10 Å². The molecule has 9 nitrogen and oxygen atoms in total. The predicted octanol–water partition coefficient (Wildman–Crippen LogP) is 0.584. The summed E-state index contributed by atoms with van der Waals surface area (Å²) in [5, 5.41) is 14.7. The van der Waals surface area contributed by atoms with Gasteiger partial charge in [0.1, 0.15) is 5.69 Å². The number of H-pyrrole nitrogens is 1. The number of piperazine rings is 1. The van der Waals surface area contributed by atoms with Crippen LogP contribution in [0.15, 0.2) is 53.6 Å². The maximum Gasteiger partial charge on any atom is 0.274 e. The number of nitrogens with one attached hydrogen (secondary N) is 1. The Kier molecular flexibility index (Phi) is 4.56. The third-order valence-electron chi connectivity index (χ3n) is 4.40. The van der Waals surface area contributed by atoms with E-state index in [0.717, 1.165) is 17.1 Å². The van der Waals surface area contributed by atoms with Crippen molar-refractivity contribution in [3.8, 4) is 11.3 Å². The summed E-state index contributed by atoms with van der Waals surface area (Å²) in [6, 6.07) is 10.4. The summed E-state index contributed by atoms with van der Waals surface area (Å²) in [7, 11) is 0. The third-order valence-corrected chi connectivity index (χ3v) is 4.40. The van der Waals surface area contributed by atoms with Crippen LogP contribution in [0.4, 0.5) is 5.82 Å². The summed E-state index contributed by atoms with van der Waals surface area (Å²) in [6.07, 6.45) is 3.47. The molecule has 27 heavy (non-hydrogen) atoms.